The van der Waals surface area contributed by atoms with E-state index in [4.69, 9.17) is 11.6 Å². The van der Waals surface area contributed by atoms with Gasteiger partial charge >= 0.3 is 0 Å². The Morgan fingerprint density at radius 3 is 2.59 bits per heavy atom. The summed E-state index contributed by atoms with van der Waals surface area (Å²) >= 11 is 7.54. The van der Waals surface area contributed by atoms with Gasteiger partial charge in [-0.2, -0.15) is 0 Å². The van der Waals surface area contributed by atoms with E-state index in [2.05, 4.69) is 4.98 Å². The van der Waals surface area contributed by atoms with Gasteiger partial charge in [-0.05, 0) is 42.5 Å². The van der Waals surface area contributed by atoms with Gasteiger partial charge in [-0.15, -0.1) is 11.3 Å². The van der Waals surface area contributed by atoms with Crippen LogP contribution < -0.4 is 0 Å². The maximum atomic E-state index is 9.25. The SMILES string of the molecule is Oc1ccc(-c2nc3cc(Cl)ccc3s2)cc1. The quantitative estimate of drug-likeness (QED) is 0.708. The third-order valence-corrected chi connectivity index (χ3v) is 3.78. The summed E-state index contributed by atoms with van der Waals surface area (Å²) in [6.07, 6.45) is 0. The third-order valence-electron chi connectivity index (χ3n) is 2.46. The Morgan fingerprint density at radius 1 is 1.06 bits per heavy atom. The molecular formula is C13H8ClNOS. The van der Waals surface area contributed by atoms with Crippen molar-refractivity contribution in [2.75, 3.05) is 0 Å². The molecule has 17 heavy (non-hydrogen) atoms. The Labute approximate surface area is 107 Å². The van der Waals surface area contributed by atoms with E-state index in [1.165, 1.54) is 0 Å². The molecule has 0 aliphatic carbocycles. The Bertz CT molecular complexity index is 675. The van der Waals surface area contributed by atoms with Crippen LogP contribution in [-0.4, -0.2) is 10.1 Å². The van der Waals surface area contributed by atoms with Crippen LogP contribution in [-0.2, 0) is 0 Å². The van der Waals surface area contributed by atoms with Crippen LogP contribution in [0.5, 0.6) is 5.75 Å². The van der Waals surface area contributed by atoms with Gasteiger partial charge in [-0.1, -0.05) is 11.6 Å². The van der Waals surface area contributed by atoms with Crippen LogP contribution >= 0.6 is 22.9 Å². The molecule has 0 fully saturated rings. The lowest BCUT2D eigenvalue weighted by Crippen LogP contribution is -1.74. The molecule has 2 nitrogen and oxygen atoms in total. The molecule has 0 bridgehead atoms. The predicted molar refractivity (Wildman–Crippen MR) is 71.7 cm³/mol. The van der Waals surface area contributed by atoms with Crippen molar-refractivity contribution < 1.29 is 5.11 Å². The summed E-state index contributed by atoms with van der Waals surface area (Å²) in [4.78, 5) is 4.53. The van der Waals surface area contributed by atoms with E-state index in [9.17, 15) is 5.11 Å². The fourth-order valence-electron chi connectivity index (χ4n) is 1.63. The Kier molecular flexibility index (Phi) is 2.50. The lowest BCUT2D eigenvalue weighted by molar-refractivity contribution is 0.475. The molecule has 1 aromatic heterocycles. The molecule has 1 heterocycles. The number of aromatic nitrogens is 1. The van der Waals surface area contributed by atoms with Crippen molar-refractivity contribution in [1.82, 2.24) is 4.98 Å². The molecule has 2 aromatic carbocycles. The molecule has 0 radical (unpaired) electrons. The van der Waals surface area contributed by atoms with Gasteiger partial charge in [-0.25, -0.2) is 4.98 Å². The number of hydrogen-bond donors (Lipinski definition) is 1. The molecule has 3 aromatic rings. The Hall–Kier alpha value is -1.58. The number of halogens is 1. The van der Waals surface area contributed by atoms with E-state index in [0.717, 1.165) is 20.8 Å². The topological polar surface area (TPSA) is 33.1 Å². The highest BCUT2D eigenvalue weighted by Crippen LogP contribution is 2.31. The molecule has 0 spiro atoms. The number of phenols is 1. The van der Waals surface area contributed by atoms with E-state index < -0.39 is 0 Å². The Balaban J connectivity index is 2.14. The number of hydrogen-bond acceptors (Lipinski definition) is 3. The van der Waals surface area contributed by atoms with Crippen molar-refractivity contribution in [3.8, 4) is 16.3 Å². The molecule has 0 unspecified atom stereocenters. The summed E-state index contributed by atoms with van der Waals surface area (Å²) in [5.74, 6) is 0.262. The highest BCUT2D eigenvalue weighted by atomic mass is 35.5. The number of thiazole rings is 1. The molecule has 3 rings (SSSR count). The summed E-state index contributed by atoms with van der Waals surface area (Å²) in [5.41, 5.74) is 1.91. The first-order chi connectivity index (χ1) is 8.22. The van der Waals surface area contributed by atoms with E-state index in [1.54, 1.807) is 23.5 Å². The van der Waals surface area contributed by atoms with Crippen LogP contribution in [0.1, 0.15) is 0 Å². The average Bonchev–Trinajstić information content (AvgIpc) is 2.72. The van der Waals surface area contributed by atoms with Crippen molar-refractivity contribution in [2.45, 2.75) is 0 Å². The van der Waals surface area contributed by atoms with Gasteiger partial charge < -0.3 is 5.11 Å². The van der Waals surface area contributed by atoms with E-state index >= 15 is 0 Å². The zero-order valence-corrected chi connectivity index (χ0v) is 10.3. The fourth-order valence-corrected chi connectivity index (χ4v) is 2.75. The van der Waals surface area contributed by atoms with Crippen LogP contribution in [0.2, 0.25) is 5.02 Å². The number of rotatable bonds is 1. The maximum Gasteiger partial charge on any atom is 0.124 e. The van der Waals surface area contributed by atoms with E-state index in [0.29, 0.717) is 5.02 Å². The second kappa shape index (κ2) is 4.02. The highest BCUT2D eigenvalue weighted by molar-refractivity contribution is 7.21. The first-order valence-electron chi connectivity index (χ1n) is 5.08. The number of benzene rings is 2. The first-order valence-corrected chi connectivity index (χ1v) is 6.27. The molecule has 1 N–H and O–H groups in total. The van der Waals surface area contributed by atoms with E-state index in [-0.39, 0.29) is 5.75 Å². The van der Waals surface area contributed by atoms with Crippen molar-refractivity contribution in [3.63, 3.8) is 0 Å². The second-order valence-corrected chi connectivity index (χ2v) is 5.15. The van der Waals surface area contributed by atoms with Crippen LogP contribution in [0.25, 0.3) is 20.8 Å². The average molecular weight is 262 g/mol. The summed E-state index contributed by atoms with van der Waals surface area (Å²) in [6.45, 7) is 0. The van der Waals surface area contributed by atoms with Crippen LogP contribution in [0.4, 0.5) is 0 Å². The number of fused-ring (bicyclic) bond motifs is 1. The summed E-state index contributed by atoms with van der Waals surface area (Å²) in [5, 5.41) is 10.9. The van der Waals surface area contributed by atoms with Crippen molar-refractivity contribution >= 4 is 33.2 Å². The van der Waals surface area contributed by atoms with Gasteiger partial charge in [0.05, 0.1) is 10.2 Å². The number of nitrogens with zero attached hydrogens (tertiary/aromatic N) is 1. The molecule has 0 aliphatic heterocycles. The largest absolute Gasteiger partial charge is 0.508 e. The lowest BCUT2D eigenvalue weighted by Gasteiger charge is -1.95. The molecule has 4 heteroatoms. The van der Waals surface area contributed by atoms with Crippen LogP contribution in [0.15, 0.2) is 42.5 Å². The van der Waals surface area contributed by atoms with Gasteiger partial charge in [0.25, 0.3) is 0 Å². The van der Waals surface area contributed by atoms with Gasteiger partial charge in [0, 0.05) is 10.6 Å². The minimum Gasteiger partial charge on any atom is -0.508 e. The third kappa shape index (κ3) is 1.99. The molecule has 84 valence electrons. The van der Waals surface area contributed by atoms with Gasteiger partial charge in [0.2, 0.25) is 0 Å². The smallest absolute Gasteiger partial charge is 0.124 e. The lowest BCUT2D eigenvalue weighted by atomic mass is 10.2. The van der Waals surface area contributed by atoms with Crippen molar-refractivity contribution in [2.24, 2.45) is 0 Å². The normalized spacial score (nSPS) is 10.9. The minimum absolute atomic E-state index is 0.262. The number of phenolic OH excluding ortho intramolecular Hbond substituents is 1. The summed E-state index contributed by atoms with van der Waals surface area (Å²) in [7, 11) is 0. The van der Waals surface area contributed by atoms with Gasteiger partial charge in [0.15, 0.2) is 0 Å². The molecule has 0 atom stereocenters. The second-order valence-electron chi connectivity index (χ2n) is 3.68. The minimum atomic E-state index is 0.262. The molecule has 0 aliphatic rings. The zero-order chi connectivity index (χ0) is 11.8. The van der Waals surface area contributed by atoms with Crippen molar-refractivity contribution in [3.05, 3.63) is 47.5 Å². The van der Waals surface area contributed by atoms with Crippen LogP contribution in [0, 0.1) is 0 Å². The fraction of sp³-hybridized carbons (Fsp3) is 0. The van der Waals surface area contributed by atoms with Gasteiger partial charge in [-0.3, -0.25) is 0 Å². The molecule has 0 amide bonds. The van der Waals surface area contributed by atoms with Crippen molar-refractivity contribution in [1.29, 1.82) is 0 Å². The van der Waals surface area contributed by atoms with Crippen LogP contribution in [0.3, 0.4) is 0 Å². The first kappa shape index (κ1) is 10.6. The molecule has 0 saturated carbocycles. The summed E-state index contributed by atoms with van der Waals surface area (Å²) < 4.78 is 1.11. The monoisotopic (exact) mass is 261 g/mol. The predicted octanol–water partition coefficient (Wildman–Crippen LogP) is 4.32. The van der Waals surface area contributed by atoms with Gasteiger partial charge in [0.1, 0.15) is 10.8 Å². The zero-order valence-electron chi connectivity index (χ0n) is 8.72. The Morgan fingerprint density at radius 2 is 1.82 bits per heavy atom. The van der Waals surface area contributed by atoms with E-state index in [1.807, 2.05) is 30.3 Å². The highest BCUT2D eigenvalue weighted by Gasteiger charge is 2.06. The maximum absolute atomic E-state index is 9.25. The summed E-state index contributed by atoms with van der Waals surface area (Å²) in [6, 6.07) is 12.7. The molecule has 0 saturated heterocycles. The number of aromatic hydroxyl groups is 1. The molecular weight excluding hydrogens is 254 g/mol. The standard InChI is InChI=1S/C13H8ClNOS/c14-9-3-6-12-11(7-9)15-13(17-12)8-1-4-10(16)5-2-8/h1-7,16H.